The van der Waals surface area contributed by atoms with E-state index in [1.165, 1.54) is 10.9 Å². The van der Waals surface area contributed by atoms with Crippen LogP contribution in [-0.4, -0.2) is 0 Å². The van der Waals surface area contributed by atoms with Gasteiger partial charge in [-0.15, -0.1) is 23.8 Å². The summed E-state index contributed by atoms with van der Waals surface area (Å²) >= 11 is 0. The molecular weight excluding hydrogens is 255 g/mol. The summed E-state index contributed by atoms with van der Waals surface area (Å²) in [7, 11) is 0.875. The monoisotopic (exact) mass is 268 g/mol. The molecule has 2 heteroatoms. The molecule has 0 aliphatic rings. The molecule has 3 aromatic rings. The van der Waals surface area contributed by atoms with E-state index in [2.05, 4.69) is 42.2 Å². The summed E-state index contributed by atoms with van der Waals surface area (Å²) in [6.45, 7) is 0. The van der Waals surface area contributed by atoms with E-state index in [0.717, 1.165) is 8.19 Å². The Morgan fingerprint density at radius 1 is 0.938 bits per heavy atom. The molecule has 0 amide bonds. The van der Waals surface area contributed by atoms with Crippen LogP contribution in [0.4, 0.5) is 0 Å². The van der Waals surface area contributed by atoms with Gasteiger partial charge in [-0.2, -0.15) is 38.5 Å². The standard InChI is InChI=1S/C9H8P.C5H5.Fe/c1-2-5-8(4-1)9-6-3-7-10-9;1-2-4-5-3-1;/h1-7,10H;1-5H;/q2*-1;+2. The van der Waals surface area contributed by atoms with Gasteiger partial charge in [0.2, 0.25) is 0 Å². The summed E-state index contributed by atoms with van der Waals surface area (Å²) < 4.78 is 0. The summed E-state index contributed by atoms with van der Waals surface area (Å²) in [5.41, 5.74) is 1.38. The molecule has 1 aromatic heterocycles. The molecule has 16 heavy (non-hydrogen) atoms. The van der Waals surface area contributed by atoms with Crippen molar-refractivity contribution in [3.63, 3.8) is 0 Å². The molecule has 0 saturated heterocycles. The minimum absolute atomic E-state index is 0. The molecule has 0 N–H and O–H groups in total. The van der Waals surface area contributed by atoms with Gasteiger partial charge in [0.1, 0.15) is 0 Å². The van der Waals surface area contributed by atoms with Crippen molar-refractivity contribution in [1.82, 2.24) is 0 Å². The Morgan fingerprint density at radius 2 is 1.62 bits per heavy atom. The normalized spacial score (nSPS) is 9.25. The maximum absolute atomic E-state index is 2.21. The van der Waals surface area contributed by atoms with Crippen molar-refractivity contribution in [1.29, 1.82) is 0 Å². The second-order valence-electron chi connectivity index (χ2n) is 3.22. The van der Waals surface area contributed by atoms with Crippen molar-refractivity contribution in [2.45, 2.75) is 0 Å². The van der Waals surface area contributed by atoms with Crippen molar-refractivity contribution in [3.05, 3.63) is 72.5 Å². The molecule has 0 aliphatic carbocycles. The third kappa shape index (κ3) is 3.87. The Kier molecular flexibility index (Phi) is 5.96. The van der Waals surface area contributed by atoms with Crippen LogP contribution in [0.3, 0.4) is 0 Å². The first kappa shape index (κ1) is 13.1. The summed E-state index contributed by atoms with van der Waals surface area (Å²) in [5.74, 6) is 2.21. The van der Waals surface area contributed by atoms with E-state index in [4.69, 9.17) is 0 Å². The van der Waals surface area contributed by atoms with E-state index >= 15 is 0 Å². The molecule has 0 saturated carbocycles. The zero-order valence-corrected chi connectivity index (χ0v) is 10.9. The Hall–Kier alpha value is -1.00. The average Bonchev–Trinajstić information content (AvgIpc) is 3.06. The zero-order chi connectivity index (χ0) is 10.3. The van der Waals surface area contributed by atoms with Gasteiger partial charge in [-0.1, -0.05) is 17.2 Å². The van der Waals surface area contributed by atoms with Crippen molar-refractivity contribution in [3.8, 4) is 10.9 Å². The van der Waals surface area contributed by atoms with Crippen molar-refractivity contribution >= 4 is 8.19 Å². The molecule has 0 radical (unpaired) electrons. The molecule has 1 atom stereocenters. The molecule has 0 aliphatic heterocycles. The molecular formula is C14H13FeP. The van der Waals surface area contributed by atoms with E-state index in [9.17, 15) is 0 Å². The topological polar surface area (TPSA) is 0 Å². The summed E-state index contributed by atoms with van der Waals surface area (Å²) in [6, 6.07) is 22.8. The van der Waals surface area contributed by atoms with E-state index in [1.807, 2.05) is 30.3 Å². The fourth-order valence-electron chi connectivity index (χ4n) is 1.38. The first-order chi connectivity index (χ1) is 7.47. The van der Waals surface area contributed by atoms with Crippen LogP contribution in [0.2, 0.25) is 0 Å². The van der Waals surface area contributed by atoms with E-state index < -0.39 is 0 Å². The van der Waals surface area contributed by atoms with Crippen LogP contribution in [0.15, 0.2) is 72.5 Å². The fraction of sp³-hybridized carbons (Fsp3) is 0. The maximum Gasteiger partial charge on any atom is 2.00 e. The first-order valence-electron chi connectivity index (χ1n) is 4.99. The van der Waals surface area contributed by atoms with Gasteiger partial charge in [0.15, 0.2) is 0 Å². The fourth-order valence-corrected chi connectivity index (χ4v) is 2.28. The molecule has 1 heterocycles. The van der Waals surface area contributed by atoms with Gasteiger partial charge in [0.25, 0.3) is 0 Å². The average molecular weight is 268 g/mol. The number of rotatable bonds is 1. The van der Waals surface area contributed by atoms with E-state index in [0.29, 0.717) is 0 Å². The summed E-state index contributed by atoms with van der Waals surface area (Å²) in [6.07, 6.45) is 0. The van der Waals surface area contributed by atoms with Gasteiger partial charge in [0, 0.05) is 0 Å². The van der Waals surface area contributed by atoms with Crippen molar-refractivity contribution in [2.75, 3.05) is 0 Å². The predicted molar refractivity (Wildman–Crippen MR) is 69.0 cm³/mol. The summed E-state index contributed by atoms with van der Waals surface area (Å²) in [5, 5.41) is 1.46. The minimum atomic E-state index is 0. The van der Waals surface area contributed by atoms with Crippen LogP contribution in [-0.2, 0) is 17.1 Å². The molecule has 82 valence electrons. The van der Waals surface area contributed by atoms with Crippen molar-refractivity contribution in [2.24, 2.45) is 0 Å². The van der Waals surface area contributed by atoms with Gasteiger partial charge in [0.05, 0.1) is 0 Å². The molecule has 2 aromatic carbocycles. The second kappa shape index (κ2) is 7.30. The summed E-state index contributed by atoms with van der Waals surface area (Å²) in [4.78, 5) is 0. The minimum Gasteiger partial charge on any atom is -0.214 e. The Balaban J connectivity index is 0.000000183. The molecule has 0 bridgehead atoms. The van der Waals surface area contributed by atoms with Gasteiger partial charge in [-0.05, 0) is 0 Å². The number of hydrogen-bond donors (Lipinski definition) is 0. The zero-order valence-electron chi connectivity index (χ0n) is 8.78. The third-order valence-corrected chi connectivity index (χ3v) is 3.25. The van der Waals surface area contributed by atoms with Crippen molar-refractivity contribution < 1.29 is 17.1 Å². The molecule has 0 spiro atoms. The smallest absolute Gasteiger partial charge is 0.214 e. The van der Waals surface area contributed by atoms with Crippen LogP contribution < -0.4 is 0 Å². The van der Waals surface area contributed by atoms with Gasteiger partial charge in [-0.3, -0.25) is 0 Å². The van der Waals surface area contributed by atoms with Crippen LogP contribution in [0, 0.1) is 0 Å². The first-order valence-corrected chi connectivity index (χ1v) is 6.07. The Morgan fingerprint density at radius 3 is 2.06 bits per heavy atom. The van der Waals surface area contributed by atoms with Gasteiger partial charge >= 0.3 is 17.1 Å². The predicted octanol–water partition coefficient (Wildman–Crippen LogP) is 4.51. The van der Waals surface area contributed by atoms with Gasteiger partial charge < -0.3 is 0 Å². The van der Waals surface area contributed by atoms with Crippen LogP contribution in [0.25, 0.3) is 10.9 Å². The second-order valence-corrected chi connectivity index (χ2v) is 4.38. The Bertz CT molecular complexity index is 385. The molecule has 0 fully saturated rings. The third-order valence-electron chi connectivity index (χ3n) is 2.13. The molecule has 0 nitrogen and oxygen atoms in total. The SMILES string of the molecule is [Fe+2].c1c[pH]c(-[c-]2cccc2)c1.c1cc[cH-]c1. The number of hydrogen-bond acceptors (Lipinski definition) is 0. The van der Waals surface area contributed by atoms with E-state index in [-0.39, 0.29) is 17.1 Å². The van der Waals surface area contributed by atoms with Crippen LogP contribution in [0.1, 0.15) is 0 Å². The van der Waals surface area contributed by atoms with E-state index in [1.54, 1.807) is 0 Å². The Labute approximate surface area is 109 Å². The molecule has 3 rings (SSSR count). The maximum atomic E-state index is 2.21. The van der Waals surface area contributed by atoms with Crippen LogP contribution in [0.5, 0.6) is 0 Å². The van der Waals surface area contributed by atoms with Crippen LogP contribution >= 0.6 is 8.19 Å². The largest absolute Gasteiger partial charge is 2.00 e. The quantitative estimate of drug-likeness (QED) is 0.450. The molecule has 1 unspecified atom stereocenters. The van der Waals surface area contributed by atoms with Gasteiger partial charge in [-0.25, -0.2) is 12.1 Å².